The summed E-state index contributed by atoms with van der Waals surface area (Å²) in [6, 6.07) is 9.00. The normalized spacial score (nSPS) is 21.7. The molecule has 2 aromatic carbocycles. The van der Waals surface area contributed by atoms with Gasteiger partial charge in [0.25, 0.3) is 0 Å². The van der Waals surface area contributed by atoms with Crippen LogP contribution in [0.15, 0.2) is 35.5 Å². The molecule has 0 N–H and O–H groups in total. The highest BCUT2D eigenvalue weighted by molar-refractivity contribution is 7.99. The maximum atomic E-state index is 17.3. The van der Waals surface area contributed by atoms with Crippen LogP contribution in [0, 0.1) is 34.9 Å². The van der Waals surface area contributed by atoms with Gasteiger partial charge in [0.05, 0.1) is 11.6 Å². The fraction of sp³-hybridized carbons (Fsp3) is 0.525. The van der Waals surface area contributed by atoms with Crippen molar-refractivity contribution in [3.05, 3.63) is 47.5 Å². The Labute approximate surface area is 295 Å². The van der Waals surface area contributed by atoms with Crippen LogP contribution in [0.2, 0.25) is 16.6 Å². The third kappa shape index (κ3) is 5.53. The Morgan fingerprint density at radius 3 is 2.41 bits per heavy atom. The molecule has 0 unspecified atom stereocenters. The van der Waals surface area contributed by atoms with Crippen LogP contribution in [0.3, 0.4) is 0 Å². The predicted octanol–water partition coefficient (Wildman–Crippen LogP) is 10.6. The predicted molar refractivity (Wildman–Crippen MR) is 201 cm³/mol. The minimum Gasteiger partial charge on any atom is -0.472 e. The highest BCUT2D eigenvalue weighted by Gasteiger charge is 2.48. The van der Waals surface area contributed by atoms with Crippen molar-refractivity contribution in [2.24, 2.45) is 11.8 Å². The average Bonchev–Trinajstić information content (AvgIpc) is 3.39. The number of hydrogen-bond donors (Lipinski definition) is 0. The van der Waals surface area contributed by atoms with E-state index in [0.717, 1.165) is 29.9 Å². The number of pyridine rings is 1. The van der Waals surface area contributed by atoms with Crippen LogP contribution in [0.25, 0.3) is 32.9 Å². The van der Waals surface area contributed by atoms with Crippen molar-refractivity contribution in [3.8, 4) is 28.6 Å². The zero-order valence-electron chi connectivity index (χ0n) is 30.0. The van der Waals surface area contributed by atoms with Crippen LogP contribution in [0.4, 0.5) is 14.6 Å². The van der Waals surface area contributed by atoms with E-state index in [1.165, 1.54) is 37.1 Å². The van der Waals surface area contributed by atoms with Gasteiger partial charge in [0.15, 0.2) is 11.0 Å². The van der Waals surface area contributed by atoms with Gasteiger partial charge in [0, 0.05) is 17.5 Å². The van der Waals surface area contributed by atoms with Crippen molar-refractivity contribution >= 4 is 47.3 Å². The monoisotopic (exact) mass is 698 g/mol. The molecule has 49 heavy (non-hydrogen) atoms. The summed E-state index contributed by atoms with van der Waals surface area (Å²) in [4.78, 5) is 17.3. The molecule has 1 saturated carbocycles. The lowest BCUT2D eigenvalue weighted by Crippen LogP contribution is -2.53. The molecule has 2 aliphatic heterocycles. The van der Waals surface area contributed by atoms with Gasteiger partial charge in [-0.1, -0.05) is 97.3 Å². The van der Waals surface area contributed by atoms with Gasteiger partial charge in [-0.25, -0.2) is 23.7 Å². The SMILES string of the molecule is CCSc1nc2c3c(nc(-c4cccc5ccc(F)c(C#C[Si](C(C)C)(C(C)C)C(C)C)c45)c(F)c3n1)O[C@@H](CC)[C@@H]1[C@@H]3CC[C@@H](C3)CN21. The number of piperidine rings is 1. The van der Waals surface area contributed by atoms with E-state index in [0.29, 0.717) is 61.4 Å². The number of hydrogen-bond acceptors (Lipinski definition) is 6. The number of ether oxygens (including phenoxy) is 1. The third-order valence-corrected chi connectivity index (χ3v) is 18.7. The van der Waals surface area contributed by atoms with E-state index in [1.54, 1.807) is 6.07 Å². The maximum absolute atomic E-state index is 17.3. The molecule has 0 radical (unpaired) electrons. The molecule has 258 valence electrons. The molecular weight excluding hydrogens is 651 g/mol. The summed E-state index contributed by atoms with van der Waals surface area (Å²) in [5.41, 5.74) is 5.97. The van der Waals surface area contributed by atoms with E-state index in [2.05, 4.69) is 71.8 Å². The highest BCUT2D eigenvalue weighted by atomic mass is 32.2. The standard InChI is InChI=1S/C40H48F2N4OSSi/c1-9-31-37-27-15-14-25(20-27)21-46(37)38-33-36(44-40(45-38)48-10-2)34(42)35(43-39(33)47-31)29-13-11-12-26-16-17-30(41)28(32(26)29)18-19-49(22(3)4,23(5)6)24(7)8/h11-13,16-17,22-25,27,31,37H,9-10,14-15,20-21H2,1-8H3/t25-,27+,31-,37-/m0/s1. The third-order valence-electron chi connectivity index (χ3n) is 11.7. The first-order chi connectivity index (χ1) is 23.5. The van der Waals surface area contributed by atoms with Crippen LogP contribution in [-0.4, -0.2) is 47.5 Å². The molecule has 9 heteroatoms. The first-order valence-electron chi connectivity index (χ1n) is 18.2. The highest BCUT2D eigenvalue weighted by Crippen LogP contribution is 2.50. The molecule has 0 spiro atoms. The van der Waals surface area contributed by atoms with Crippen LogP contribution < -0.4 is 9.64 Å². The molecule has 4 aromatic rings. The van der Waals surface area contributed by atoms with Crippen molar-refractivity contribution in [2.45, 2.75) is 115 Å². The van der Waals surface area contributed by atoms with Crippen molar-refractivity contribution in [3.63, 3.8) is 0 Å². The maximum Gasteiger partial charge on any atom is 0.227 e. The molecule has 3 aliphatic rings. The van der Waals surface area contributed by atoms with Gasteiger partial charge in [0.2, 0.25) is 5.88 Å². The minimum atomic E-state index is -2.19. The molecule has 2 aromatic heterocycles. The second-order valence-corrected chi connectivity index (χ2v) is 22.0. The lowest BCUT2D eigenvalue weighted by Gasteiger charge is -2.43. The Hall–Kier alpha value is -3.22. The lowest BCUT2D eigenvalue weighted by molar-refractivity contribution is 0.121. The Kier molecular flexibility index (Phi) is 9.19. The van der Waals surface area contributed by atoms with Crippen molar-refractivity contribution < 1.29 is 13.5 Å². The number of halogens is 2. The molecule has 4 heterocycles. The molecule has 1 aliphatic carbocycles. The van der Waals surface area contributed by atoms with E-state index in [4.69, 9.17) is 19.7 Å². The Morgan fingerprint density at radius 1 is 0.959 bits per heavy atom. The molecule has 0 amide bonds. The summed E-state index contributed by atoms with van der Waals surface area (Å²) >= 11 is 1.51. The first-order valence-corrected chi connectivity index (χ1v) is 21.4. The summed E-state index contributed by atoms with van der Waals surface area (Å²) in [6.07, 6.45) is 4.23. The van der Waals surface area contributed by atoms with E-state index in [-0.39, 0.29) is 23.4 Å². The zero-order valence-corrected chi connectivity index (χ0v) is 31.8. The summed E-state index contributed by atoms with van der Waals surface area (Å²) in [6.45, 7) is 18.6. The Morgan fingerprint density at radius 2 is 1.71 bits per heavy atom. The summed E-state index contributed by atoms with van der Waals surface area (Å²) in [7, 11) is -2.19. The fourth-order valence-corrected chi connectivity index (χ4v) is 15.3. The van der Waals surface area contributed by atoms with E-state index < -0.39 is 19.7 Å². The lowest BCUT2D eigenvalue weighted by atomic mass is 9.86. The second-order valence-electron chi connectivity index (χ2n) is 15.2. The average molecular weight is 699 g/mol. The van der Waals surface area contributed by atoms with Crippen molar-refractivity contribution in [1.29, 1.82) is 0 Å². The van der Waals surface area contributed by atoms with Gasteiger partial charge in [-0.05, 0) is 71.3 Å². The van der Waals surface area contributed by atoms with Gasteiger partial charge in [0.1, 0.15) is 42.4 Å². The van der Waals surface area contributed by atoms with Gasteiger partial charge >= 0.3 is 0 Å². The molecule has 7 rings (SSSR count). The molecule has 4 atom stereocenters. The quantitative estimate of drug-likeness (QED) is 0.0829. The van der Waals surface area contributed by atoms with E-state index in [9.17, 15) is 0 Å². The summed E-state index contributed by atoms with van der Waals surface area (Å²) < 4.78 is 40.2. The van der Waals surface area contributed by atoms with Gasteiger partial charge in [-0.2, -0.15) is 0 Å². The summed E-state index contributed by atoms with van der Waals surface area (Å²) in [5, 5.41) is 2.44. The molecule has 5 nitrogen and oxygen atoms in total. The van der Waals surface area contributed by atoms with Gasteiger partial charge < -0.3 is 9.64 Å². The molecular formula is C40H48F2N4OSSi. The number of nitrogens with zero attached hydrogens (tertiary/aromatic N) is 4. The van der Waals surface area contributed by atoms with Gasteiger partial charge in [-0.15, -0.1) is 5.54 Å². The smallest absolute Gasteiger partial charge is 0.227 e. The topological polar surface area (TPSA) is 51.1 Å². The first kappa shape index (κ1) is 34.2. The number of benzene rings is 2. The van der Waals surface area contributed by atoms with Gasteiger partial charge in [-0.3, -0.25) is 0 Å². The largest absolute Gasteiger partial charge is 0.472 e. The number of anilines is 1. The van der Waals surface area contributed by atoms with Crippen LogP contribution >= 0.6 is 11.8 Å². The number of thioether (sulfide) groups is 1. The fourth-order valence-electron chi connectivity index (χ4n) is 9.56. The number of aromatic nitrogens is 3. The summed E-state index contributed by atoms with van der Waals surface area (Å²) in [5.74, 6) is 5.38. The van der Waals surface area contributed by atoms with Crippen LogP contribution in [-0.2, 0) is 0 Å². The number of rotatable bonds is 7. The second kappa shape index (κ2) is 13.2. The van der Waals surface area contributed by atoms with Crippen LogP contribution in [0.1, 0.15) is 86.6 Å². The van der Waals surface area contributed by atoms with Crippen molar-refractivity contribution in [2.75, 3.05) is 17.2 Å². The molecule has 2 fully saturated rings. The number of fused-ring (bicyclic) bond motifs is 6. The zero-order chi connectivity index (χ0) is 34.8. The molecule has 2 bridgehead atoms. The van der Waals surface area contributed by atoms with E-state index >= 15 is 8.78 Å². The minimum absolute atomic E-state index is 0.107. The van der Waals surface area contributed by atoms with Crippen molar-refractivity contribution in [1.82, 2.24) is 15.0 Å². The Balaban J connectivity index is 1.50. The van der Waals surface area contributed by atoms with Crippen LogP contribution in [0.5, 0.6) is 5.88 Å². The Bertz CT molecular complexity index is 1970. The molecule has 1 saturated heterocycles. The van der Waals surface area contributed by atoms with E-state index in [1.807, 2.05) is 18.2 Å².